The Bertz CT molecular complexity index is 956. The number of amides is 2. The molecule has 2 amide bonds. The zero-order chi connectivity index (χ0) is 20.1. The van der Waals surface area contributed by atoms with Gasteiger partial charge in [0.2, 0.25) is 21.8 Å². The predicted molar refractivity (Wildman–Crippen MR) is 106 cm³/mol. The van der Waals surface area contributed by atoms with E-state index in [-0.39, 0.29) is 29.2 Å². The molecule has 7 nitrogen and oxygen atoms in total. The minimum absolute atomic E-state index is 0.00698. The second-order valence-electron chi connectivity index (χ2n) is 6.84. The lowest BCUT2D eigenvalue weighted by molar-refractivity contribution is -0.120. The van der Waals surface area contributed by atoms with Gasteiger partial charge in [0.15, 0.2) is 0 Å². The molecule has 1 aliphatic carbocycles. The fourth-order valence-electron chi connectivity index (χ4n) is 2.81. The van der Waals surface area contributed by atoms with Crippen molar-refractivity contribution in [2.45, 2.75) is 43.2 Å². The molecule has 8 heteroatoms. The van der Waals surface area contributed by atoms with Gasteiger partial charge in [-0.1, -0.05) is 36.4 Å². The molecular formula is C20H23N3O4S. The second-order valence-corrected chi connectivity index (χ2v) is 8.55. The largest absolute Gasteiger partial charge is 0.349 e. The van der Waals surface area contributed by atoms with Gasteiger partial charge < -0.3 is 10.6 Å². The lowest BCUT2D eigenvalue weighted by atomic mass is 10.0. The van der Waals surface area contributed by atoms with E-state index in [2.05, 4.69) is 15.4 Å². The maximum Gasteiger partial charge on any atom is 0.240 e. The van der Waals surface area contributed by atoms with Gasteiger partial charge in [-0.3, -0.25) is 9.59 Å². The highest BCUT2D eigenvalue weighted by Gasteiger charge is 2.28. The van der Waals surface area contributed by atoms with Crippen molar-refractivity contribution in [3.8, 4) is 0 Å². The highest BCUT2D eigenvalue weighted by atomic mass is 32.2. The fraction of sp³-hybridized carbons (Fsp3) is 0.300. The summed E-state index contributed by atoms with van der Waals surface area (Å²) in [5, 5.41) is 5.49. The molecule has 1 saturated carbocycles. The molecule has 0 saturated heterocycles. The molecule has 1 aliphatic rings. The number of benzene rings is 2. The summed E-state index contributed by atoms with van der Waals surface area (Å²) in [7, 11) is -3.60. The molecule has 3 rings (SSSR count). The number of anilines is 1. The summed E-state index contributed by atoms with van der Waals surface area (Å²) in [5.74, 6) is -0.562. The van der Waals surface area contributed by atoms with E-state index in [1.807, 2.05) is 30.3 Å². The number of rotatable bonds is 8. The molecule has 28 heavy (non-hydrogen) atoms. The van der Waals surface area contributed by atoms with Crippen LogP contribution in [0.4, 0.5) is 5.69 Å². The van der Waals surface area contributed by atoms with Crippen LogP contribution in [0.2, 0.25) is 0 Å². The van der Waals surface area contributed by atoms with Gasteiger partial charge in [0.05, 0.1) is 17.4 Å². The molecule has 0 spiro atoms. The van der Waals surface area contributed by atoms with Gasteiger partial charge in [-0.15, -0.1) is 0 Å². The average Bonchev–Trinajstić information content (AvgIpc) is 3.45. The molecule has 1 fully saturated rings. The molecule has 148 valence electrons. The minimum atomic E-state index is -3.60. The molecule has 0 bridgehead atoms. The highest BCUT2D eigenvalue weighted by Crippen LogP contribution is 2.24. The Kier molecular flexibility index (Phi) is 6.11. The first-order chi connectivity index (χ1) is 13.3. The van der Waals surface area contributed by atoms with Gasteiger partial charge in [0.1, 0.15) is 0 Å². The van der Waals surface area contributed by atoms with Gasteiger partial charge in [-0.25, -0.2) is 13.1 Å². The maximum absolute atomic E-state index is 12.5. The number of nitrogens with one attached hydrogen (secondary N) is 3. The van der Waals surface area contributed by atoms with Crippen LogP contribution in [-0.4, -0.2) is 26.3 Å². The van der Waals surface area contributed by atoms with Crippen molar-refractivity contribution in [1.82, 2.24) is 10.0 Å². The summed E-state index contributed by atoms with van der Waals surface area (Å²) >= 11 is 0. The normalized spacial score (nSPS) is 14.9. The number of hydrogen-bond acceptors (Lipinski definition) is 4. The summed E-state index contributed by atoms with van der Waals surface area (Å²) in [4.78, 5) is 24.1. The Hall–Kier alpha value is -2.71. The van der Waals surface area contributed by atoms with E-state index >= 15 is 0 Å². The Morgan fingerprint density at radius 2 is 1.79 bits per heavy atom. The van der Waals surface area contributed by atoms with Crippen LogP contribution in [0.1, 0.15) is 37.8 Å². The van der Waals surface area contributed by atoms with Crippen molar-refractivity contribution in [3.05, 3.63) is 60.2 Å². The van der Waals surface area contributed by atoms with Crippen LogP contribution in [0.3, 0.4) is 0 Å². The van der Waals surface area contributed by atoms with Crippen molar-refractivity contribution < 1.29 is 18.0 Å². The molecule has 3 N–H and O–H groups in total. The molecule has 0 radical (unpaired) electrons. The van der Waals surface area contributed by atoms with Crippen LogP contribution in [0, 0.1) is 0 Å². The van der Waals surface area contributed by atoms with Gasteiger partial charge in [-0.05, 0) is 36.6 Å². The lowest BCUT2D eigenvalue weighted by Crippen LogP contribution is -2.29. The minimum Gasteiger partial charge on any atom is -0.349 e. The van der Waals surface area contributed by atoms with Gasteiger partial charge in [0.25, 0.3) is 0 Å². The van der Waals surface area contributed by atoms with Crippen molar-refractivity contribution in [1.29, 1.82) is 0 Å². The van der Waals surface area contributed by atoms with Crippen molar-refractivity contribution in [3.63, 3.8) is 0 Å². The van der Waals surface area contributed by atoms with Crippen molar-refractivity contribution in [2.24, 2.45) is 0 Å². The van der Waals surface area contributed by atoms with E-state index in [0.717, 1.165) is 18.4 Å². The predicted octanol–water partition coefficient (Wildman–Crippen LogP) is 2.33. The fourth-order valence-corrected chi connectivity index (χ4v) is 4.16. The number of carbonyl (C=O) groups is 2. The molecule has 0 heterocycles. The molecule has 1 unspecified atom stereocenters. The molecular weight excluding hydrogens is 378 g/mol. The Balaban J connectivity index is 1.69. The highest BCUT2D eigenvalue weighted by molar-refractivity contribution is 7.89. The first kappa shape index (κ1) is 20.0. The summed E-state index contributed by atoms with van der Waals surface area (Å²) in [6.07, 6.45) is 1.72. The molecule has 1 atom stereocenters. The average molecular weight is 401 g/mol. The number of carbonyl (C=O) groups excluding carboxylic acids is 2. The van der Waals surface area contributed by atoms with Crippen LogP contribution >= 0.6 is 0 Å². The van der Waals surface area contributed by atoms with Crippen molar-refractivity contribution in [2.75, 3.05) is 5.32 Å². The van der Waals surface area contributed by atoms with Gasteiger partial charge in [0, 0.05) is 18.7 Å². The monoisotopic (exact) mass is 401 g/mol. The lowest BCUT2D eigenvalue weighted by Gasteiger charge is -2.18. The standard InChI is InChI=1S/C20H23N3O4S/c1-14(24)21-19(15-6-3-2-4-7-15)13-20(25)22-17-8-5-9-18(12-17)28(26,27)23-16-10-11-16/h2-9,12,16,19,23H,10-11,13H2,1H3,(H,21,24)(H,22,25). The zero-order valence-electron chi connectivity index (χ0n) is 15.5. The van der Waals surface area contributed by atoms with Crippen LogP contribution in [0.25, 0.3) is 0 Å². The van der Waals surface area contributed by atoms with E-state index in [9.17, 15) is 18.0 Å². The summed E-state index contributed by atoms with van der Waals surface area (Å²) < 4.78 is 27.3. The number of hydrogen-bond donors (Lipinski definition) is 3. The van der Waals surface area contributed by atoms with Crippen LogP contribution < -0.4 is 15.4 Å². The summed E-state index contributed by atoms with van der Waals surface area (Å²) in [6.45, 7) is 1.40. The third-order valence-corrected chi connectivity index (χ3v) is 5.81. The van der Waals surface area contributed by atoms with Crippen molar-refractivity contribution >= 4 is 27.5 Å². The Morgan fingerprint density at radius 3 is 2.43 bits per heavy atom. The topological polar surface area (TPSA) is 104 Å². The second kappa shape index (κ2) is 8.53. The van der Waals surface area contributed by atoms with Crippen LogP contribution in [-0.2, 0) is 19.6 Å². The molecule has 0 aliphatic heterocycles. The molecule has 0 aromatic heterocycles. The van der Waals surface area contributed by atoms with E-state index < -0.39 is 16.1 Å². The summed E-state index contributed by atoms with van der Waals surface area (Å²) in [5.41, 5.74) is 1.20. The molecule has 2 aromatic rings. The van der Waals surface area contributed by atoms with E-state index in [0.29, 0.717) is 5.69 Å². The first-order valence-corrected chi connectivity index (χ1v) is 10.6. The van der Waals surface area contributed by atoms with Gasteiger partial charge in [-0.2, -0.15) is 0 Å². The van der Waals surface area contributed by atoms with Crippen LogP contribution in [0.15, 0.2) is 59.5 Å². The van der Waals surface area contributed by atoms with Gasteiger partial charge >= 0.3 is 0 Å². The Labute approximate surface area is 164 Å². The number of sulfonamides is 1. The smallest absolute Gasteiger partial charge is 0.240 e. The van der Waals surface area contributed by atoms with E-state index in [4.69, 9.17) is 0 Å². The summed E-state index contributed by atoms with van der Waals surface area (Å²) in [6, 6.07) is 14.9. The maximum atomic E-state index is 12.5. The Morgan fingerprint density at radius 1 is 1.07 bits per heavy atom. The van der Waals surface area contributed by atoms with E-state index in [1.165, 1.54) is 19.1 Å². The third kappa shape index (κ3) is 5.64. The quantitative estimate of drug-likeness (QED) is 0.631. The SMILES string of the molecule is CC(=O)NC(CC(=O)Nc1cccc(S(=O)(=O)NC2CC2)c1)c1ccccc1. The zero-order valence-corrected chi connectivity index (χ0v) is 16.3. The van der Waals surface area contributed by atoms with E-state index in [1.54, 1.807) is 12.1 Å². The first-order valence-electron chi connectivity index (χ1n) is 9.08. The third-order valence-electron chi connectivity index (χ3n) is 4.30. The molecule has 2 aromatic carbocycles. The van der Waals surface area contributed by atoms with Crippen LogP contribution in [0.5, 0.6) is 0 Å².